The Morgan fingerprint density at radius 2 is 1.57 bits per heavy atom. The lowest BCUT2D eigenvalue weighted by atomic mass is 9.77. The van der Waals surface area contributed by atoms with Gasteiger partial charge in [-0.2, -0.15) is 0 Å². The van der Waals surface area contributed by atoms with Crippen molar-refractivity contribution in [1.29, 1.82) is 0 Å². The van der Waals surface area contributed by atoms with Gasteiger partial charge in [-0.25, -0.2) is 8.42 Å². The second-order valence-corrected chi connectivity index (χ2v) is 8.14. The first-order valence-electron chi connectivity index (χ1n) is 5.19. The van der Waals surface area contributed by atoms with Crippen molar-refractivity contribution in [2.75, 3.05) is 0 Å². The van der Waals surface area contributed by atoms with Gasteiger partial charge in [0.1, 0.15) is 0 Å². The molecule has 0 heterocycles. The third kappa shape index (κ3) is 2.43. The van der Waals surface area contributed by atoms with Gasteiger partial charge in [-0.3, -0.25) is 0 Å². The van der Waals surface area contributed by atoms with E-state index in [1.54, 1.807) is 13.8 Å². The Bertz CT molecular complexity index is 287. The van der Waals surface area contributed by atoms with Crippen molar-refractivity contribution in [1.82, 2.24) is 0 Å². The number of rotatable bonds is 2. The molecule has 1 rings (SSSR count). The van der Waals surface area contributed by atoms with Gasteiger partial charge in [0.25, 0.3) is 0 Å². The Morgan fingerprint density at radius 3 is 1.93 bits per heavy atom. The second-order valence-electron chi connectivity index (χ2n) is 5.00. The molecule has 14 heavy (non-hydrogen) atoms. The third-order valence-corrected chi connectivity index (χ3v) is 6.41. The SMILES string of the molecule is CC1CCC(C(C)(C)S(=O)(=O)Cl)CC1. The molecule has 1 fully saturated rings. The highest BCUT2D eigenvalue weighted by Crippen LogP contribution is 2.40. The van der Waals surface area contributed by atoms with Gasteiger partial charge in [-0.1, -0.05) is 19.8 Å². The summed E-state index contributed by atoms with van der Waals surface area (Å²) >= 11 is 0. The van der Waals surface area contributed by atoms with Crippen LogP contribution in [0, 0.1) is 11.8 Å². The fourth-order valence-electron chi connectivity index (χ4n) is 2.15. The maximum atomic E-state index is 11.4. The zero-order valence-electron chi connectivity index (χ0n) is 9.09. The Kier molecular flexibility index (Phi) is 3.53. The predicted molar refractivity (Wildman–Crippen MR) is 60.0 cm³/mol. The van der Waals surface area contributed by atoms with Gasteiger partial charge in [-0.05, 0) is 38.5 Å². The summed E-state index contributed by atoms with van der Waals surface area (Å²) in [4.78, 5) is 0. The minimum absolute atomic E-state index is 0.223. The van der Waals surface area contributed by atoms with Crippen molar-refractivity contribution in [2.24, 2.45) is 11.8 Å². The first-order valence-corrected chi connectivity index (χ1v) is 7.50. The molecule has 0 spiro atoms. The average Bonchev–Trinajstić information content (AvgIpc) is 2.03. The quantitative estimate of drug-likeness (QED) is 0.693. The summed E-state index contributed by atoms with van der Waals surface area (Å²) in [7, 11) is 2.02. The minimum atomic E-state index is -3.45. The average molecular weight is 239 g/mol. The van der Waals surface area contributed by atoms with Crippen LogP contribution in [0.2, 0.25) is 0 Å². The molecule has 84 valence electrons. The van der Waals surface area contributed by atoms with E-state index in [1.165, 1.54) is 0 Å². The lowest BCUT2D eigenvalue weighted by molar-refractivity contribution is 0.247. The molecule has 0 aromatic heterocycles. The Hall–Kier alpha value is 0.240. The van der Waals surface area contributed by atoms with Gasteiger partial charge < -0.3 is 0 Å². The van der Waals surface area contributed by atoms with Crippen LogP contribution in [0.5, 0.6) is 0 Å². The summed E-state index contributed by atoms with van der Waals surface area (Å²) in [6, 6.07) is 0. The van der Waals surface area contributed by atoms with Crippen LogP contribution in [0.25, 0.3) is 0 Å². The van der Waals surface area contributed by atoms with Crippen LogP contribution < -0.4 is 0 Å². The number of hydrogen-bond donors (Lipinski definition) is 0. The van der Waals surface area contributed by atoms with Crippen LogP contribution in [0.3, 0.4) is 0 Å². The summed E-state index contributed by atoms with van der Waals surface area (Å²) in [5.41, 5.74) is 0. The highest BCUT2D eigenvalue weighted by Gasteiger charge is 2.41. The van der Waals surface area contributed by atoms with E-state index in [9.17, 15) is 8.42 Å². The maximum absolute atomic E-state index is 11.4. The molecule has 0 aromatic carbocycles. The van der Waals surface area contributed by atoms with Crippen molar-refractivity contribution in [3.63, 3.8) is 0 Å². The molecule has 0 bridgehead atoms. The monoisotopic (exact) mass is 238 g/mol. The molecule has 4 heteroatoms. The Labute approximate surface area is 91.5 Å². The zero-order chi connectivity index (χ0) is 11.0. The first-order chi connectivity index (χ1) is 6.25. The van der Waals surface area contributed by atoms with Crippen molar-refractivity contribution in [3.8, 4) is 0 Å². The molecule has 0 radical (unpaired) electrons. The molecule has 0 aliphatic heterocycles. The molecule has 1 saturated carbocycles. The van der Waals surface area contributed by atoms with Crippen LogP contribution in [0.4, 0.5) is 0 Å². The minimum Gasteiger partial charge on any atom is -0.212 e. The second kappa shape index (κ2) is 4.01. The van der Waals surface area contributed by atoms with Crippen LogP contribution in [-0.2, 0) is 9.05 Å². The van der Waals surface area contributed by atoms with Gasteiger partial charge in [0, 0.05) is 10.7 Å². The lowest BCUT2D eigenvalue weighted by Crippen LogP contribution is -2.39. The van der Waals surface area contributed by atoms with E-state index in [-0.39, 0.29) is 5.92 Å². The first kappa shape index (κ1) is 12.3. The zero-order valence-corrected chi connectivity index (χ0v) is 10.7. The lowest BCUT2D eigenvalue weighted by Gasteiger charge is -2.36. The summed E-state index contributed by atoms with van der Waals surface area (Å²) in [5, 5.41) is 0. The molecule has 1 aliphatic rings. The predicted octanol–water partition coefficient (Wildman–Crippen LogP) is 3.16. The smallest absolute Gasteiger partial charge is 0.212 e. The molecule has 2 nitrogen and oxygen atoms in total. The molecule has 1 aliphatic carbocycles. The van der Waals surface area contributed by atoms with E-state index >= 15 is 0 Å². The highest BCUT2D eigenvalue weighted by molar-refractivity contribution is 8.14. The molecule has 0 N–H and O–H groups in total. The number of halogens is 1. The summed E-state index contributed by atoms with van der Waals surface area (Å²) in [6.45, 7) is 5.71. The molecule has 0 atom stereocenters. The van der Waals surface area contributed by atoms with E-state index in [0.717, 1.165) is 31.6 Å². The highest BCUT2D eigenvalue weighted by atomic mass is 35.7. The molecular weight excluding hydrogens is 220 g/mol. The molecule has 0 unspecified atom stereocenters. The van der Waals surface area contributed by atoms with Gasteiger partial charge in [-0.15, -0.1) is 0 Å². The molecule has 0 amide bonds. The van der Waals surface area contributed by atoms with Crippen molar-refractivity contribution in [2.45, 2.75) is 51.2 Å². The van der Waals surface area contributed by atoms with Gasteiger partial charge in [0.2, 0.25) is 9.05 Å². The van der Waals surface area contributed by atoms with Crippen LogP contribution in [0.15, 0.2) is 0 Å². The van der Waals surface area contributed by atoms with Crippen molar-refractivity contribution < 1.29 is 8.42 Å². The molecular formula is C10H19ClO2S. The summed E-state index contributed by atoms with van der Waals surface area (Å²) in [6.07, 6.45) is 4.22. The van der Waals surface area contributed by atoms with E-state index < -0.39 is 13.8 Å². The van der Waals surface area contributed by atoms with E-state index in [4.69, 9.17) is 10.7 Å². The number of hydrogen-bond acceptors (Lipinski definition) is 2. The fraction of sp³-hybridized carbons (Fsp3) is 1.00. The standard InChI is InChI=1S/C10H19ClO2S/c1-8-4-6-9(7-5-8)10(2,3)14(11,12)13/h8-9H,4-7H2,1-3H3. The van der Waals surface area contributed by atoms with Crippen LogP contribution >= 0.6 is 10.7 Å². The molecule has 0 aromatic rings. The molecule has 0 saturated heterocycles. The van der Waals surface area contributed by atoms with E-state index in [2.05, 4.69) is 6.92 Å². The normalized spacial score (nSPS) is 30.3. The van der Waals surface area contributed by atoms with Gasteiger partial charge in [0.15, 0.2) is 0 Å². The Balaban J connectivity index is 2.75. The van der Waals surface area contributed by atoms with E-state index in [0.29, 0.717) is 0 Å². The van der Waals surface area contributed by atoms with Gasteiger partial charge >= 0.3 is 0 Å². The maximum Gasteiger partial charge on any atom is 0.238 e. The summed E-state index contributed by atoms with van der Waals surface area (Å²) in [5.74, 6) is 0.960. The fourth-order valence-corrected chi connectivity index (χ4v) is 3.17. The topological polar surface area (TPSA) is 34.1 Å². The Morgan fingerprint density at radius 1 is 1.14 bits per heavy atom. The summed E-state index contributed by atoms with van der Waals surface area (Å²) < 4.78 is 22.0. The van der Waals surface area contributed by atoms with Crippen molar-refractivity contribution >= 4 is 19.7 Å². The van der Waals surface area contributed by atoms with Crippen LogP contribution in [0.1, 0.15) is 46.5 Å². The largest absolute Gasteiger partial charge is 0.238 e. The third-order valence-electron chi connectivity index (χ3n) is 3.63. The van der Waals surface area contributed by atoms with Gasteiger partial charge in [0.05, 0.1) is 4.75 Å². The van der Waals surface area contributed by atoms with E-state index in [1.807, 2.05) is 0 Å². The van der Waals surface area contributed by atoms with Crippen molar-refractivity contribution in [3.05, 3.63) is 0 Å². The van der Waals surface area contributed by atoms with Crippen LogP contribution in [-0.4, -0.2) is 13.2 Å².